The highest BCUT2D eigenvalue weighted by atomic mass is 79.9. The number of ether oxygens (including phenoxy) is 1. The molecule has 0 unspecified atom stereocenters. The largest absolute Gasteiger partial charge is 0.864 e. The first-order valence-electron chi connectivity index (χ1n) is 10.4. The monoisotopic (exact) mass is 566 g/mol. The Balaban J connectivity index is 1.38. The van der Waals surface area contributed by atoms with Gasteiger partial charge < -0.3 is 18.7 Å². The SMILES string of the molecule is Brc1ccc(OB(Oc2ccc(Br)cc2)Oc2ccc(COCc3ccccc3)cc2)cc1. The van der Waals surface area contributed by atoms with Crippen molar-refractivity contribution in [3.63, 3.8) is 0 Å². The summed E-state index contributed by atoms with van der Waals surface area (Å²) in [6.45, 7) is 1.09. The standard InChI is InChI=1S/C26H21BBr2O4/c28-22-8-14-25(15-9-22)32-27(33-26-16-10-23(29)11-17-26)31-24-12-6-21(7-13-24)19-30-18-20-4-2-1-3-5-20/h1-17H,18-19H2. The molecule has 7 heteroatoms. The lowest BCUT2D eigenvalue weighted by Gasteiger charge is -2.17. The van der Waals surface area contributed by atoms with E-state index in [1.807, 2.05) is 103 Å². The van der Waals surface area contributed by atoms with Gasteiger partial charge in [-0.05, 0) is 71.8 Å². The zero-order valence-electron chi connectivity index (χ0n) is 17.7. The van der Waals surface area contributed by atoms with Crippen LogP contribution in [0, 0.1) is 0 Å². The average Bonchev–Trinajstić information content (AvgIpc) is 2.84. The maximum absolute atomic E-state index is 6.00. The fourth-order valence-corrected chi connectivity index (χ4v) is 3.49. The van der Waals surface area contributed by atoms with Crippen LogP contribution in [0.15, 0.2) is 112 Å². The Labute approximate surface area is 210 Å². The molecule has 0 bridgehead atoms. The first-order chi connectivity index (χ1) is 16.1. The molecule has 33 heavy (non-hydrogen) atoms. The van der Waals surface area contributed by atoms with Crippen molar-refractivity contribution < 1.29 is 18.7 Å². The topological polar surface area (TPSA) is 36.9 Å². The van der Waals surface area contributed by atoms with E-state index in [9.17, 15) is 0 Å². The number of rotatable bonds is 10. The third kappa shape index (κ3) is 7.67. The number of benzene rings is 4. The van der Waals surface area contributed by atoms with E-state index in [-0.39, 0.29) is 0 Å². The van der Waals surface area contributed by atoms with Crippen LogP contribution in [-0.4, -0.2) is 7.32 Å². The summed E-state index contributed by atoms with van der Waals surface area (Å²) in [5.74, 6) is 1.89. The summed E-state index contributed by atoms with van der Waals surface area (Å²) in [6.07, 6.45) is 0. The molecule has 4 nitrogen and oxygen atoms in total. The lowest BCUT2D eigenvalue weighted by Crippen LogP contribution is -2.36. The van der Waals surface area contributed by atoms with E-state index in [2.05, 4.69) is 31.9 Å². The van der Waals surface area contributed by atoms with Gasteiger partial charge in [0.15, 0.2) is 0 Å². The second-order valence-corrected chi connectivity index (χ2v) is 9.00. The lowest BCUT2D eigenvalue weighted by molar-refractivity contribution is 0.107. The minimum atomic E-state index is -0.965. The second kappa shape index (κ2) is 11.9. The van der Waals surface area contributed by atoms with E-state index in [4.69, 9.17) is 18.7 Å². The Hall–Kier alpha value is -2.74. The van der Waals surface area contributed by atoms with E-state index in [1.165, 1.54) is 0 Å². The number of halogens is 2. The Morgan fingerprint density at radius 3 is 1.33 bits per heavy atom. The third-order valence-electron chi connectivity index (χ3n) is 4.63. The Kier molecular flexibility index (Phi) is 8.47. The van der Waals surface area contributed by atoms with Gasteiger partial charge in [0.2, 0.25) is 0 Å². The highest BCUT2D eigenvalue weighted by molar-refractivity contribution is 9.10. The van der Waals surface area contributed by atoms with Crippen LogP contribution >= 0.6 is 31.9 Å². The molecule has 0 atom stereocenters. The number of hydrogen-bond donors (Lipinski definition) is 0. The normalized spacial score (nSPS) is 10.5. The molecule has 4 rings (SSSR count). The summed E-state index contributed by atoms with van der Waals surface area (Å²) < 4.78 is 25.6. The van der Waals surface area contributed by atoms with Gasteiger partial charge in [-0.3, -0.25) is 0 Å². The maximum atomic E-state index is 6.00. The predicted molar refractivity (Wildman–Crippen MR) is 137 cm³/mol. The van der Waals surface area contributed by atoms with Gasteiger partial charge in [0, 0.05) is 8.95 Å². The van der Waals surface area contributed by atoms with E-state index >= 15 is 0 Å². The van der Waals surface area contributed by atoms with Crippen LogP contribution in [-0.2, 0) is 18.0 Å². The fourth-order valence-electron chi connectivity index (χ4n) is 2.96. The molecule has 0 fully saturated rings. The summed E-state index contributed by atoms with van der Waals surface area (Å²) in [5, 5.41) is 0. The highest BCUT2D eigenvalue weighted by Gasteiger charge is 2.30. The summed E-state index contributed by atoms with van der Waals surface area (Å²) in [7, 11) is -0.965. The zero-order valence-corrected chi connectivity index (χ0v) is 20.9. The molecule has 0 saturated carbocycles. The van der Waals surface area contributed by atoms with Crippen molar-refractivity contribution in [3.8, 4) is 17.2 Å². The van der Waals surface area contributed by atoms with Gasteiger partial charge in [-0.15, -0.1) is 0 Å². The van der Waals surface area contributed by atoms with Crippen LogP contribution < -0.4 is 14.0 Å². The molecule has 0 aliphatic rings. The molecule has 0 radical (unpaired) electrons. The molecule has 0 heterocycles. The first kappa shape index (κ1) is 23.4. The van der Waals surface area contributed by atoms with Gasteiger partial charge >= 0.3 is 7.32 Å². The summed E-state index contributed by atoms with van der Waals surface area (Å²) in [4.78, 5) is 0. The van der Waals surface area contributed by atoms with E-state index in [1.54, 1.807) is 0 Å². The first-order valence-corrected chi connectivity index (χ1v) is 11.9. The molecule has 0 aliphatic carbocycles. The average molecular weight is 568 g/mol. The second-order valence-electron chi connectivity index (χ2n) is 7.17. The fraction of sp³-hybridized carbons (Fsp3) is 0.0769. The van der Waals surface area contributed by atoms with Crippen LogP contribution in [0.4, 0.5) is 0 Å². The van der Waals surface area contributed by atoms with Crippen molar-refractivity contribution in [2.24, 2.45) is 0 Å². The van der Waals surface area contributed by atoms with Gasteiger partial charge in [-0.25, -0.2) is 0 Å². The van der Waals surface area contributed by atoms with Crippen molar-refractivity contribution >= 4 is 39.2 Å². The van der Waals surface area contributed by atoms with Gasteiger partial charge in [0.25, 0.3) is 0 Å². The summed E-state index contributed by atoms with van der Waals surface area (Å²) in [5.41, 5.74) is 2.20. The van der Waals surface area contributed by atoms with Gasteiger partial charge in [0.05, 0.1) is 13.2 Å². The van der Waals surface area contributed by atoms with Crippen molar-refractivity contribution in [3.05, 3.63) is 123 Å². The Bertz CT molecular complexity index is 1070. The van der Waals surface area contributed by atoms with E-state index < -0.39 is 7.32 Å². The zero-order chi connectivity index (χ0) is 22.9. The molecular weight excluding hydrogens is 547 g/mol. The molecule has 166 valence electrons. The van der Waals surface area contributed by atoms with Crippen LogP contribution in [0.3, 0.4) is 0 Å². The molecule has 4 aromatic carbocycles. The quantitative estimate of drug-likeness (QED) is 0.187. The van der Waals surface area contributed by atoms with Crippen LogP contribution in [0.1, 0.15) is 11.1 Å². The third-order valence-corrected chi connectivity index (χ3v) is 5.69. The van der Waals surface area contributed by atoms with Crippen LogP contribution in [0.5, 0.6) is 17.2 Å². The molecule has 0 aliphatic heterocycles. The minimum Gasteiger partial charge on any atom is -0.490 e. The van der Waals surface area contributed by atoms with Crippen molar-refractivity contribution in [1.82, 2.24) is 0 Å². The van der Waals surface area contributed by atoms with E-state index in [0.29, 0.717) is 30.5 Å². The highest BCUT2D eigenvalue weighted by Crippen LogP contribution is 2.22. The molecule has 0 aromatic heterocycles. The Morgan fingerprint density at radius 1 is 0.485 bits per heavy atom. The van der Waals surface area contributed by atoms with Crippen LogP contribution in [0.2, 0.25) is 0 Å². The molecule has 0 spiro atoms. The summed E-state index contributed by atoms with van der Waals surface area (Å²) in [6, 6.07) is 32.8. The number of hydrogen-bond acceptors (Lipinski definition) is 4. The van der Waals surface area contributed by atoms with E-state index in [0.717, 1.165) is 20.1 Å². The Morgan fingerprint density at radius 2 is 0.879 bits per heavy atom. The molecule has 0 N–H and O–H groups in total. The molecule has 4 aromatic rings. The van der Waals surface area contributed by atoms with Crippen molar-refractivity contribution in [2.45, 2.75) is 13.2 Å². The van der Waals surface area contributed by atoms with Crippen molar-refractivity contribution in [2.75, 3.05) is 0 Å². The lowest BCUT2D eigenvalue weighted by atomic mass is 10.1. The summed E-state index contributed by atoms with van der Waals surface area (Å²) >= 11 is 6.86. The molecular formula is C26H21BBr2O4. The smallest absolute Gasteiger partial charge is 0.490 e. The minimum absolute atomic E-state index is 0.517. The molecule has 0 saturated heterocycles. The van der Waals surface area contributed by atoms with Gasteiger partial charge in [-0.2, -0.15) is 0 Å². The molecule has 0 amide bonds. The van der Waals surface area contributed by atoms with Gasteiger partial charge in [-0.1, -0.05) is 74.3 Å². The maximum Gasteiger partial charge on any atom is 0.864 e. The predicted octanol–water partition coefficient (Wildman–Crippen LogP) is 7.45. The van der Waals surface area contributed by atoms with Gasteiger partial charge in [0.1, 0.15) is 17.2 Å². The van der Waals surface area contributed by atoms with Crippen molar-refractivity contribution in [1.29, 1.82) is 0 Å². The van der Waals surface area contributed by atoms with Crippen LogP contribution in [0.25, 0.3) is 0 Å².